The summed E-state index contributed by atoms with van der Waals surface area (Å²) in [5.74, 6) is -0.732. The summed E-state index contributed by atoms with van der Waals surface area (Å²) in [5.41, 5.74) is 1.92. The van der Waals surface area contributed by atoms with E-state index in [-0.39, 0.29) is 23.1 Å². The second-order valence-electron chi connectivity index (χ2n) is 5.54. The SMILES string of the molecule is O=C1C[C@H](c2ccco2)c2sc(C(=O)O)c(-c3ccccc3)c2N1. The number of carboxylic acid groups (broad SMARTS) is 1. The zero-order valence-corrected chi connectivity index (χ0v) is 13.3. The molecule has 0 unspecified atom stereocenters. The van der Waals surface area contributed by atoms with E-state index in [0.717, 1.165) is 10.4 Å². The molecule has 0 saturated carbocycles. The standard InChI is InChI=1S/C18H13NO4S/c20-13-9-11(12-7-4-8-23-12)16-15(19-13)14(17(24-16)18(21)22)10-5-2-1-3-6-10/h1-8,11H,9H2,(H,19,20)(H,21,22)/t11-/m1/s1. The molecule has 5 nitrogen and oxygen atoms in total. The smallest absolute Gasteiger partial charge is 0.346 e. The largest absolute Gasteiger partial charge is 0.477 e. The maximum absolute atomic E-state index is 12.2. The summed E-state index contributed by atoms with van der Waals surface area (Å²) in [6.07, 6.45) is 1.81. The Balaban J connectivity index is 1.96. The number of furan rings is 1. The number of amides is 1. The van der Waals surface area contributed by atoms with Crippen molar-refractivity contribution in [1.82, 2.24) is 0 Å². The zero-order valence-electron chi connectivity index (χ0n) is 12.5. The molecule has 24 heavy (non-hydrogen) atoms. The predicted octanol–water partition coefficient (Wildman–Crippen LogP) is 4.18. The van der Waals surface area contributed by atoms with Crippen molar-refractivity contribution in [1.29, 1.82) is 0 Å². The van der Waals surface area contributed by atoms with Gasteiger partial charge in [-0.2, -0.15) is 0 Å². The fourth-order valence-corrected chi connectivity index (χ4v) is 4.26. The highest BCUT2D eigenvalue weighted by molar-refractivity contribution is 7.15. The van der Waals surface area contributed by atoms with E-state index in [2.05, 4.69) is 5.32 Å². The van der Waals surface area contributed by atoms with Gasteiger partial charge in [-0.05, 0) is 17.7 Å². The molecule has 4 rings (SSSR count). The molecule has 0 bridgehead atoms. The van der Waals surface area contributed by atoms with E-state index in [1.807, 2.05) is 36.4 Å². The zero-order chi connectivity index (χ0) is 16.7. The van der Waals surface area contributed by atoms with Crippen LogP contribution < -0.4 is 5.32 Å². The summed E-state index contributed by atoms with van der Waals surface area (Å²) >= 11 is 1.20. The van der Waals surface area contributed by atoms with Crippen molar-refractivity contribution >= 4 is 28.9 Å². The van der Waals surface area contributed by atoms with Gasteiger partial charge in [-0.25, -0.2) is 4.79 Å². The molecular formula is C18H13NO4S. The van der Waals surface area contributed by atoms with Crippen LogP contribution in [0, 0.1) is 0 Å². The van der Waals surface area contributed by atoms with Gasteiger partial charge in [-0.15, -0.1) is 11.3 Å². The van der Waals surface area contributed by atoms with E-state index in [1.54, 1.807) is 12.3 Å². The minimum absolute atomic E-state index is 0.143. The second kappa shape index (κ2) is 5.65. The highest BCUT2D eigenvalue weighted by Crippen LogP contribution is 2.49. The Kier molecular flexibility index (Phi) is 3.46. The summed E-state index contributed by atoms with van der Waals surface area (Å²) in [6, 6.07) is 12.8. The minimum Gasteiger partial charge on any atom is -0.477 e. The first kappa shape index (κ1) is 14.7. The van der Waals surface area contributed by atoms with Gasteiger partial charge in [0, 0.05) is 16.9 Å². The van der Waals surface area contributed by atoms with E-state index in [9.17, 15) is 14.7 Å². The van der Waals surface area contributed by atoms with Crippen LogP contribution in [-0.2, 0) is 4.79 Å². The molecular weight excluding hydrogens is 326 g/mol. The number of nitrogens with one attached hydrogen (secondary N) is 1. The number of carbonyl (C=O) groups excluding carboxylic acids is 1. The first-order chi connectivity index (χ1) is 11.6. The number of thiophene rings is 1. The van der Waals surface area contributed by atoms with Crippen LogP contribution in [0.15, 0.2) is 53.1 Å². The van der Waals surface area contributed by atoms with Crippen molar-refractivity contribution < 1.29 is 19.1 Å². The summed E-state index contributed by atoms with van der Waals surface area (Å²) in [6.45, 7) is 0. The van der Waals surface area contributed by atoms with Gasteiger partial charge in [0.2, 0.25) is 5.91 Å². The molecule has 0 radical (unpaired) electrons. The molecule has 1 aliphatic rings. The Morgan fingerprint density at radius 3 is 2.67 bits per heavy atom. The van der Waals surface area contributed by atoms with Crippen LogP contribution in [-0.4, -0.2) is 17.0 Å². The van der Waals surface area contributed by atoms with Crippen molar-refractivity contribution in [2.75, 3.05) is 5.32 Å². The van der Waals surface area contributed by atoms with Crippen molar-refractivity contribution in [3.05, 3.63) is 64.2 Å². The number of carbonyl (C=O) groups is 2. The number of fused-ring (bicyclic) bond motifs is 1. The van der Waals surface area contributed by atoms with Crippen LogP contribution >= 0.6 is 11.3 Å². The molecule has 1 aliphatic heterocycles. The molecule has 1 amide bonds. The van der Waals surface area contributed by atoms with E-state index in [1.165, 1.54) is 11.3 Å². The number of carboxylic acids is 1. The minimum atomic E-state index is -0.999. The number of anilines is 1. The highest BCUT2D eigenvalue weighted by Gasteiger charge is 2.35. The fourth-order valence-electron chi connectivity index (χ4n) is 3.04. The lowest BCUT2D eigenvalue weighted by Crippen LogP contribution is -2.22. The lowest BCUT2D eigenvalue weighted by Gasteiger charge is -2.21. The average Bonchev–Trinajstić information content (AvgIpc) is 3.22. The lowest BCUT2D eigenvalue weighted by molar-refractivity contribution is -0.116. The maximum Gasteiger partial charge on any atom is 0.346 e. The van der Waals surface area contributed by atoms with Crippen LogP contribution in [0.4, 0.5) is 5.69 Å². The summed E-state index contributed by atoms with van der Waals surface area (Å²) in [5, 5.41) is 12.5. The molecule has 0 fully saturated rings. The molecule has 6 heteroatoms. The summed E-state index contributed by atoms with van der Waals surface area (Å²) in [4.78, 5) is 25.0. The maximum atomic E-state index is 12.2. The van der Waals surface area contributed by atoms with Gasteiger partial charge in [0.25, 0.3) is 0 Å². The van der Waals surface area contributed by atoms with Gasteiger partial charge in [0.05, 0.1) is 17.9 Å². The highest BCUT2D eigenvalue weighted by atomic mass is 32.1. The van der Waals surface area contributed by atoms with Gasteiger partial charge in [-0.3, -0.25) is 4.79 Å². The van der Waals surface area contributed by atoms with Crippen molar-refractivity contribution in [3.8, 4) is 11.1 Å². The molecule has 1 aromatic carbocycles. The van der Waals surface area contributed by atoms with Crippen LogP contribution in [0.1, 0.15) is 32.6 Å². The molecule has 1 atom stereocenters. The Morgan fingerprint density at radius 1 is 1.21 bits per heavy atom. The first-order valence-electron chi connectivity index (χ1n) is 7.44. The second-order valence-corrected chi connectivity index (χ2v) is 6.59. The third-order valence-electron chi connectivity index (χ3n) is 4.05. The number of hydrogen-bond donors (Lipinski definition) is 2. The third kappa shape index (κ3) is 2.32. The number of benzene rings is 1. The van der Waals surface area contributed by atoms with Crippen LogP contribution in [0.5, 0.6) is 0 Å². The van der Waals surface area contributed by atoms with E-state index in [0.29, 0.717) is 17.0 Å². The Hall–Kier alpha value is -2.86. The monoisotopic (exact) mass is 339 g/mol. The normalized spacial score (nSPS) is 16.5. The number of rotatable bonds is 3. The van der Waals surface area contributed by atoms with E-state index < -0.39 is 5.97 Å². The van der Waals surface area contributed by atoms with Gasteiger partial charge in [0.15, 0.2) is 0 Å². The number of aromatic carboxylic acids is 1. The third-order valence-corrected chi connectivity index (χ3v) is 5.34. The molecule has 2 N–H and O–H groups in total. The van der Waals surface area contributed by atoms with E-state index >= 15 is 0 Å². The Bertz CT molecular complexity index is 912. The van der Waals surface area contributed by atoms with Crippen molar-refractivity contribution in [2.45, 2.75) is 12.3 Å². The molecule has 2 aromatic heterocycles. The summed E-state index contributed by atoms with van der Waals surface area (Å²) < 4.78 is 5.47. The first-order valence-corrected chi connectivity index (χ1v) is 8.25. The van der Waals surface area contributed by atoms with Gasteiger partial charge < -0.3 is 14.8 Å². The van der Waals surface area contributed by atoms with Crippen LogP contribution in [0.2, 0.25) is 0 Å². The van der Waals surface area contributed by atoms with Crippen molar-refractivity contribution in [2.24, 2.45) is 0 Å². The number of hydrogen-bond acceptors (Lipinski definition) is 4. The van der Waals surface area contributed by atoms with Crippen LogP contribution in [0.3, 0.4) is 0 Å². The predicted molar refractivity (Wildman–Crippen MR) is 90.5 cm³/mol. The van der Waals surface area contributed by atoms with Crippen LogP contribution in [0.25, 0.3) is 11.1 Å². The average molecular weight is 339 g/mol. The molecule has 120 valence electrons. The quantitative estimate of drug-likeness (QED) is 0.750. The Morgan fingerprint density at radius 2 is 2.00 bits per heavy atom. The van der Waals surface area contributed by atoms with Gasteiger partial charge >= 0.3 is 5.97 Å². The lowest BCUT2D eigenvalue weighted by atomic mass is 9.92. The van der Waals surface area contributed by atoms with Gasteiger partial charge in [-0.1, -0.05) is 30.3 Å². The summed E-state index contributed by atoms with van der Waals surface area (Å²) in [7, 11) is 0. The molecule has 3 aromatic rings. The molecule has 0 spiro atoms. The Labute approximate surface area is 141 Å². The van der Waals surface area contributed by atoms with Gasteiger partial charge in [0.1, 0.15) is 10.6 Å². The molecule has 0 saturated heterocycles. The van der Waals surface area contributed by atoms with Crippen molar-refractivity contribution in [3.63, 3.8) is 0 Å². The topological polar surface area (TPSA) is 79.5 Å². The fraction of sp³-hybridized carbons (Fsp3) is 0.111. The molecule has 0 aliphatic carbocycles. The van der Waals surface area contributed by atoms with E-state index in [4.69, 9.17) is 4.42 Å². The molecule has 3 heterocycles.